The molecule has 0 N–H and O–H groups in total. The number of rotatable bonds is 7. The van der Waals surface area contributed by atoms with E-state index in [1.165, 1.54) is 0 Å². The normalized spacial score (nSPS) is 13.2. The van der Waals surface area contributed by atoms with Crippen LogP contribution in [0.2, 0.25) is 0 Å². The van der Waals surface area contributed by atoms with Crippen molar-refractivity contribution in [1.82, 2.24) is 15.1 Å². The predicted molar refractivity (Wildman–Crippen MR) is 126 cm³/mol. The molecule has 2 heterocycles. The second-order valence-electron chi connectivity index (χ2n) is 7.61. The number of benzene rings is 2. The van der Waals surface area contributed by atoms with Crippen molar-refractivity contribution in [3.8, 4) is 34.6 Å². The van der Waals surface area contributed by atoms with Crippen molar-refractivity contribution in [2.24, 2.45) is 0 Å². The van der Waals surface area contributed by atoms with Crippen LogP contribution in [0.1, 0.15) is 5.56 Å². The van der Waals surface area contributed by atoms with E-state index in [1.807, 2.05) is 30.3 Å². The van der Waals surface area contributed by atoms with Crippen molar-refractivity contribution < 1.29 is 19.0 Å². The Kier molecular flexibility index (Phi) is 7.08. The zero-order chi connectivity index (χ0) is 23.9. The highest BCUT2D eigenvalue weighted by Gasteiger charge is 2.23. The lowest BCUT2D eigenvalue weighted by atomic mass is 10.1. The van der Waals surface area contributed by atoms with Crippen molar-refractivity contribution in [3.63, 3.8) is 0 Å². The van der Waals surface area contributed by atoms with Crippen LogP contribution in [0.4, 0.5) is 5.82 Å². The van der Waals surface area contributed by atoms with Gasteiger partial charge in [-0.3, -0.25) is 4.79 Å². The number of methoxy groups -OCH3 is 2. The van der Waals surface area contributed by atoms with Gasteiger partial charge < -0.3 is 24.0 Å². The van der Waals surface area contributed by atoms with E-state index in [0.29, 0.717) is 54.7 Å². The Labute approximate surface area is 198 Å². The second kappa shape index (κ2) is 10.5. The SMILES string of the molecule is COc1ccc(OC)c(-c2ccc(N3CCN(C(=O)COc4ccccc4C#N)CC3)nn2)c1. The molecular weight excluding hydrogens is 434 g/mol. The summed E-state index contributed by atoms with van der Waals surface area (Å²) in [5, 5.41) is 17.9. The molecule has 174 valence electrons. The van der Waals surface area contributed by atoms with E-state index in [1.54, 1.807) is 43.4 Å². The highest BCUT2D eigenvalue weighted by molar-refractivity contribution is 5.78. The Morgan fingerprint density at radius 2 is 1.76 bits per heavy atom. The molecule has 3 aromatic rings. The van der Waals surface area contributed by atoms with Crippen LogP contribution in [0.5, 0.6) is 17.2 Å². The summed E-state index contributed by atoms with van der Waals surface area (Å²) in [6.07, 6.45) is 0. The summed E-state index contributed by atoms with van der Waals surface area (Å²) in [5.41, 5.74) is 1.89. The molecule has 1 aliphatic heterocycles. The minimum Gasteiger partial charge on any atom is -0.497 e. The summed E-state index contributed by atoms with van der Waals surface area (Å²) in [6.45, 7) is 2.27. The number of amides is 1. The average molecular weight is 460 g/mol. The maximum absolute atomic E-state index is 12.6. The van der Waals surface area contributed by atoms with E-state index in [4.69, 9.17) is 19.5 Å². The van der Waals surface area contributed by atoms with Gasteiger partial charge in [0.15, 0.2) is 12.4 Å². The zero-order valence-electron chi connectivity index (χ0n) is 19.1. The molecule has 1 aliphatic rings. The molecular formula is C25H25N5O4. The first kappa shape index (κ1) is 22.9. The van der Waals surface area contributed by atoms with Crippen molar-refractivity contribution in [3.05, 3.63) is 60.2 Å². The molecule has 34 heavy (non-hydrogen) atoms. The van der Waals surface area contributed by atoms with Gasteiger partial charge >= 0.3 is 0 Å². The number of aromatic nitrogens is 2. The van der Waals surface area contributed by atoms with Crippen LogP contribution < -0.4 is 19.1 Å². The Morgan fingerprint density at radius 1 is 0.971 bits per heavy atom. The highest BCUT2D eigenvalue weighted by atomic mass is 16.5. The van der Waals surface area contributed by atoms with Crippen LogP contribution in [0.3, 0.4) is 0 Å². The maximum Gasteiger partial charge on any atom is 0.260 e. The number of anilines is 1. The van der Waals surface area contributed by atoms with Gasteiger partial charge in [0.1, 0.15) is 23.3 Å². The van der Waals surface area contributed by atoms with Gasteiger partial charge in [-0.05, 0) is 42.5 Å². The molecule has 2 aromatic carbocycles. The number of nitriles is 1. The number of piperazine rings is 1. The Hall–Kier alpha value is -4.32. The predicted octanol–water partition coefficient (Wildman–Crippen LogP) is 2.76. The molecule has 0 atom stereocenters. The maximum atomic E-state index is 12.6. The lowest BCUT2D eigenvalue weighted by Crippen LogP contribution is -2.50. The third-order valence-corrected chi connectivity index (χ3v) is 5.65. The number of ether oxygens (including phenoxy) is 3. The lowest BCUT2D eigenvalue weighted by Gasteiger charge is -2.35. The Morgan fingerprint density at radius 3 is 2.44 bits per heavy atom. The molecule has 1 amide bonds. The highest BCUT2D eigenvalue weighted by Crippen LogP contribution is 2.32. The van der Waals surface area contributed by atoms with E-state index >= 15 is 0 Å². The van der Waals surface area contributed by atoms with Crippen molar-refractivity contribution in [1.29, 1.82) is 5.26 Å². The number of hydrogen-bond donors (Lipinski definition) is 0. The topological polar surface area (TPSA) is 101 Å². The van der Waals surface area contributed by atoms with E-state index in [-0.39, 0.29) is 12.5 Å². The van der Waals surface area contributed by atoms with Gasteiger partial charge in [-0.2, -0.15) is 5.26 Å². The molecule has 0 saturated carbocycles. The van der Waals surface area contributed by atoms with Crippen molar-refractivity contribution >= 4 is 11.7 Å². The fourth-order valence-electron chi connectivity index (χ4n) is 3.75. The number of para-hydroxylation sites is 1. The van der Waals surface area contributed by atoms with Crippen LogP contribution in [0.15, 0.2) is 54.6 Å². The molecule has 9 nitrogen and oxygen atoms in total. The quantitative estimate of drug-likeness (QED) is 0.532. The minimum atomic E-state index is -0.112. The molecule has 1 aromatic heterocycles. The van der Waals surface area contributed by atoms with Gasteiger partial charge in [-0.1, -0.05) is 12.1 Å². The van der Waals surface area contributed by atoms with Crippen LogP contribution in [-0.2, 0) is 4.79 Å². The standard InChI is InChI=1S/C25H25N5O4/c1-32-19-7-9-23(33-2)20(15-19)21-8-10-24(28-27-21)29-11-13-30(14-12-29)25(31)17-34-22-6-4-3-5-18(22)16-26/h3-10,15H,11-14,17H2,1-2H3. The Balaban J connectivity index is 1.35. The smallest absolute Gasteiger partial charge is 0.260 e. The Bertz CT molecular complexity index is 1180. The van der Waals surface area contributed by atoms with Crippen LogP contribution in [0.25, 0.3) is 11.3 Å². The molecule has 1 fully saturated rings. The van der Waals surface area contributed by atoms with Gasteiger partial charge in [0.2, 0.25) is 0 Å². The first-order chi connectivity index (χ1) is 16.6. The molecule has 0 radical (unpaired) electrons. The van der Waals surface area contributed by atoms with Crippen LogP contribution in [-0.4, -0.2) is 68.0 Å². The van der Waals surface area contributed by atoms with Crippen LogP contribution in [0, 0.1) is 11.3 Å². The third kappa shape index (κ3) is 5.02. The molecule has 0 unspecified atom stereocenters. The summed E-state index contributed by atoms with van der Waals surface area (Å²) in [5.74, 6) is 2.45. The van der Waals surface area contributed by atoms with E-state index < -0.39 is 0 Å². The summed E-state index contributed by atoms with van der Waals surface area (Å²) >= 11 is 0. The average Bonchev–Trinajstić information content (AvgIpc) is 2.91. The minimum absolute atomic E-state index is 0.102. The number of nitrogens with zero attached hydrogens (tertiary/aromatic N) is 5. The zero-order valence-corrected chi connectivity index (χ0v) is 19.1. The third-order valence-electron chi connectivity index (χ3n) is 5.65. The molecule has 4 rings (SSSR count). The summed E-state index contributed by atoms with van der Waals surface area (Å²) < 4.78 is 16.3. The first-order valence-electron chi connectivity index (χ1n) is 10.8. The largest absolute Gasteiger partial charge is 0.497 e. The van der Waals surface area contributed by atoms with Gasteiger partial charge in [-0.25, -0.2) is 0 Å². The summed E-state index contributed by atoms with van der Waals surface area (Å²) in [4.78, 5) is 16.4. The van der Waals surface area contributed by atoms with E-state index in [0.717, 1.165) is 11.4 Å². The van der Waals surface area contributed by atoms with Crippen molar-refractivity contribution in [2.75, 3.05) is 51.9 Å². The number of carbonyl (C=O) groups is 1. The summed E-state index contributed by atoms with van der Waals surface area (Å²) in [7, 11) is 3.23. The molecule has 0 bridgehead atoms. The van der Waals surface area contributed by atoms with Crippen molar-refractivity contribution in [2.45, 2.75) is 0 Å². The fraction of sp³-hybridized carbons (Fsp3) is 0.280. The van der Waals surface area contributed by atoms with E-state index in [2.05, 4.69) is 21.2 Å². The number of carbonyl (C=O) groups excluding carboxylic acids is 1. The molecule has 0 aliphatic carbocycles. The fourth-order valence-corrected chi connectivity index (χ4v) is 3.75. The van der Waals surface area contributed by atoms with Gasteiger partial charge in [0.25, 0.3) is 5.91 Å². The van der Waals surface area contributed by atoms with Gasteiger partial charge in [0.05, 0.1) is 25.5 Å². The van der Waals surface area contributed by atoms with Crippen LogP contribution >= 0.6 is 0 Å². The second-order valence-corrected chi connectivity index (χ2v) is 7.61. The molecule has 1 saturated heterocycles. The molecule has 0 spiro atoms. The summed E-state index contributed by atoms with van der Waals surface area (Å²) in [6, 6.07) is 18.3. The first-order valence-corrected chi connectivity index (χ1v) is 10.8. The molecule has 9 heteroatoms. The monoisotopic (exact) mass is 459 g/mol. The number of hydrogen-bond acceptors (Lipinski definition) is 8. The van der Waals surface area contributed by atoms with Gasteiger partial charge in [0, 0.05) is 31.7 Å². The van der Waals surface area contributed by atoms with Gasteiger partial charge in [-0.15, -0.1) is 10.2 Å². The van der Waals surface area contributed by atoms with E-state index in [9.17, 15) is 4.79 Å². The lowest BCUT2D eigenvalue weighted by molar-refractivity contribution is -0.133.